The Kier molecular flexibility index (Phi) is 4.87. The first-order valence-electron chi connectivity index (χ1n) is 7.75. The number of nitrogens with zero attached hydrogens (tertiary/aromatic N) is 6. The molecular formula is C15H16N8O3. The molecule has 0 aliphatic heterocycles. The van der Waals surface area contributed by atoms with Crippen molar-refractivity contribution in [2.24, 2.45) is 5.10 Å². The molecule has 11 nitrogen and oxygen atoms in total. The van der Waals surface area contributed by atoms with Gasteiger partial charge in [0.2, 0.25) is 11.6 Å². The van der Waals surface area contributed by atoms with Crippen molar-refractivity contribution >= 4 is 17.9 Å². The average molecular weight is 356 g/mol. The zero-order valence-corrected chi connectivity index (χ0v) is 13.8. The summed E-state index contributed by atoms with van der Waals surface area (Å²) in [6.07, 6.45) is 2.66. The lowest BCUT2D eigenvalue weighted by molar-refractivity contribution is 0.0949. The maximum absolute atomic E-state index is 12.4. The molecule has 0 unspecified atom stereocenters. The van der Waals surface area contributed by atoms with Crippen LogP contribution in [0.25, 0.3) is 5.82 Å². The second-order valence-electron chi connectivity index (χ2n) is 5.31. The number of hydrazone groups is 1. The number of hydrogen-bond donors (Lipinski definition) is 3. The Morgan fingerprint density at radius 2 is 2.31 bits per heavy atom. The Morgan fingerprint density at radius 1 is 1.46 bits per heavy atom. The zero-order chi connectivity index (χ0) is 18.5. The third kappa shape index (κ3) is 3.50. The molecule has 134 valence electrons. The Morgan fingerprint density at radius 3 is 3.00 bits per heavy atom. The quantitative estimate of drug-likeness (QED) is 0.429. The molecule has 1 aromatic carbocycles. The van der Waals surface area contributed by atoms with Crippen molar-refractivity contribution < 1.29 is 14.5 Å². The van der Waals surface area contributed by atoms with Gasteiger partial charge in [-0.2, -0.15) is 9.78 Å². The molecule has 26 heavy (non-hydrogen) atoms. The van der Waals surface area contributed by atoms with Crippen LogP contribution in [0.15, 0.2) is 34.0 Å². The molecule has 3 aromatic rings. The SMILES string of the molecule is CCCc1c(C(=O)N/N=C/c2cccc(O)c2)nnn1-c1nonc1N. The van der Waals surface area contributed by atoms with Gasteiger partial charge < -0.3 is 10.8 Å². The number of phenolic OH excluding ortho intramolecular Hbond substituents is 1. The smallest absolute Gasteiger partial charge is 0.293 e. The van der Waals surface area contributed by atoms with Gasteiger partial charge in [-0.3, -0.25) is 4.79 Å². The summed E-state index contributed by atoms with van der Waals surface area (Å²) in [7, 11) is 0. The third-order valence-electron chi connectivity index (χ3n) is 3.41. The number of benzene rings is 1. The number of nitrogen functional groups attached to an aromatic ring is 1. The van der Waals surface area contributed by atoms with E-state index in [0.717, 1.165) is 6.42 Å². The first kappa shape index (κ1) is 17.1. The van der Waals surface area contributed by atoms with Gasteiger partial charge in [0.15, 0.2) is 5.69 Å². The number of amides is 1. The molecule has 2 aromatic heterocycles. The predicted molar refractivity (Wildman–Crippen MR) is 90.8 cm³/mol. The minimum atomic E-state index is -0.536. The van der Waals surface area contributed by atoms with Crippen molar-refractivity contribution in [3.8, 4) is 11.6 Å². The molecule has 0 saturated heterocycles. The van der Waals surface area contributed by atoms with E-state index in [0.29, 0.717) is 17.7 Å². The Balaban J connectivity index is 1.81. The number of aromatic hydroxyl groups is 1. The second-order valence-corrected chi connectivity index (χ2v) is 5.31. The number of nitrogens with two attached hydrogens (primary N) is 1. The molecular weight excluding hydrogens is 340 g/mol. The van der Waals surface area contributed by atoms with Crippen molar-refractivity contribution in [3.63, 3.8) is 0 Å². The van der Waals surface area contributed by atoms with Crippen molar-refractivity contribution in [2.75, 3.05) is 5.73 Å². The maximum atomic E-state index is 12.4. The van der Waals surface area contributed by atoms with Crippen molar-refractivity contribution in [1.29, 1.82) is 0 Å². The highest BCUT2D eigenvalue weighted by atomic mass is 16.6. The highest BCUT2D eigenvalue weighted by Gasteiger charge is 2.23. The number of anilines is 1. The summed E-state index contributed by atoms with van der Waals surface area (Å²) < 4.78 is 5.89. The van der Waals surface area contributed by atoms with Crippen LogP contribution in [0.5, 0.6) is 5.75 Å². The fourth-order valence-corrected chi connectivity index (χ4v) is 2.27. The van der Waals surface area contributed by atoms with Crippen molar-refractivity contribution in [1.82, 2.24) is 30.7 Å². The van der Waals surface area contributed by atoms with Crippen molar-refractivity contribution in [3.05, 3.63) is 41.2 Å². The molecule has 0 atom stereocenters. The molecule has 0 radical (unpaired) electrons. The number of nitrogens with one attached hydrogen (secondary N) is 1. The summed E-state index contributed by atoms with van der Waals surface area (Å²) >= 11 is 0. The molecule has 4 N–H and O–H groups in total. The van der Waals surface area contributed by atoms with Crippen LogP contribution < -0.4 is 11.2 Å². The summed E-state index contributed by atoms with van der Waals surface area (Å²) in [5, 5.41) is 28.3. The summed E-state index contributed by atoms with van der Waals surface area (Å²) in [4.78, 5) is 12.4. The van der Waals surface area contributed by atoms with E-state index in [9.17, 15) is 9.90 Å². The highest BCUT2D eigenvalue weighted by molar-refractivity contribution is 5.94. The summed E-state index contributed by atoms with van der Waals surface area (Å²) in [5.74, 6) is -0.220. The molecule has 3 rings (SSSR count). The lowest BCUT2D eigenvalue weighted by Gasteiger charge is -2.03. The van der Waals surface area contributed by atoms with Crippen LogP contribution in [0, 0.1) is 0 Å². The number of hydrogen-bond acceptors (Lipinski definition) is 9. The number of aromatic nitrogens is 5. The third-order valence-corrected chi connectivity index (χ3v) is 3.41. The van der Waals surface area contributed by atoms with Crippen molar-refractivity contribution in [2.45, 2.75) is 19.8 Å². The lowest BCUT2D eigenvalue weighted by atomic mass is 10.2. The minimum absolute atomic E-state index is 0.0427. The van der Waals surface area contributed by atoms with E-state index < -0.39 is 5.91 Å². The molecule has 2 heterocycles. The summed E-state index contributed by atoms with van der Waals surface area (Å²) in [5.41, 5.74) is 9.30. The summed E-state index contributed by atoms with van der Waals surface area (Å²) in [6.45, 7) is 1.95. The topological polar surface area (TPSA) is 157 Å². The largest absolute Gasteiger partial charge is 0.508 e. The second kappa shape index (κ2) is 7.42. The molecule has 0 aliphatic rings. The Bertz CT molecular complexity index is 946. The molecule has 0 aliphatic carbocycles. The molecule has 11 heteroatoms. The van der Waals surface area contributed by atoms with Gasteiger partial charge in [0.25, 0.3) is 5.91 Å². The standard InChI is InChI=1S/C15H16N8O3/c1-2-4-11-12(18-22-23(11)14-13(16)20-26-21-14)15(25)19-17-8-9-5-3-6-10(24)7-9/h3,5-8,24H,2,4H2,1H3,(H2,16,20)(H,19,25)/b17-8+. The monoisotopic (exact) mass is 356 g/mol. The molecule has 1 amide bonds. The van der Waals surface area contributed by atoms with E-state index in [-0.39, 0.29) is 23.1 Å². The Hall–Kier alpha value is -3.76. The van der Waals surface area contributed by atoms with E-state index >= 15 is 0 Å². The highest BCUT2D eigenvalue weighted by Crippen LogP contribution is 2.17. The molecule has 0 saturated carbocycles. The van der Waals surface area contributed by atoms with Crippen LogP contribution in [0.3, 0.4) is 0 Å². The summed E-state index contributed by atoms with van der Waals surface area (Å²) in [6, 6.07) is 6.44. The van der Waals surface area contributed by atoms with Crippen LogP contribution >= 0.6 is 0 Å². The number of phenols is 1. The van der Waals surface area contributed by atoms with Gasteiger partial charge in [0.05, 0.1) is 11.9 Å². The van der Waals surface area contributed by atoms with Crippen LogP contribution in [-0.2, 0) is 6.42 Å². The average Bonchev–Trinajstić information content (AvgIpc) is 3.21. The zero-order valence-electron chi connectivity index (χ0n) is 13.8. The maximum Gasteiger partial charge on any atom is 0.293 e. The fourth-order valence-electron chi connectivity index (χ4n) is 2.27. The van der Waals surface area contributed by atoms with E-state index in [4.69, 9.17) is 5.73 Å². The molecule has 0 bridgehead atoms. The number of rotatable bonds is 6. The van der Waals surface area contributed by atoms with Crippen LogP contribution in [0.4, 0.5) is 5.82 Å². The Labute approximate surface area is 147 Å². The van der Waals surface area contributed by atoms with Crippen LogP contribution in [0.2, 0.25) is 0 Å². The minimum Gasteiger partial charge on any atom is -0.508 e. The van der Waals surface area contributed by atoms with E-state index in [1.54, 1.807) is 12.1 Å². The molecule has 0 spiro atoms. The normalized spacial score (nSPS) is 11.1. The first-order valence-corrected chi connectivity index (χ1v) is 7.75. The van der Waals surface area contributed by atoms with Gasteiger partial charge in [-0.25, -0.2) is 10.1 Å². The molecule has 0 fully saturated rings. The van der Waals surface area contributed by atoms with Crippen LogP contribution in [-0.4, -0.2) is 42.5 Å². The van der Waals surface area contributed by atoms with E-state index in [1.165, 1.54) is 23.0 Å². The van der Waals surface area contributed by atoms with Crippen LogP contribution in [0.1, 0.15) is 35.1 Å². The van der Waals surface area contributed by atoms with Gasteiger partial charge >= 0.3 is 0 Å². The van der Waals surface area contributed by atoms with Gasteiger partial charge in [-0.1, -0.05) is 30.7 Å². The van der Waals surface area contributed by atoms with Gasteiger partial charge in [-0.05, 0) is 34.4 Å². The van der Waals surface area contributed by atoms with Gasteiger partial charge in [0, 0.05) is 0 Å². The lowest BCUT2D eigenvalue weighted by Crippen LogP contribution is -2.20. The predicted octanol–water partition coefficient (Wildman–Crippen LogP) is 0.654. The van der Waals surface area contributed by atoms with E-state index in [2.05, 4.69) is 35.8 Å². The van der Waals surface area contributed by atoms with Gasteiger partial charge in [0.1, 0.15) is 5.75 Å². The number of carbonyl (C=O) groups is 1. The number of carbonyl (C=O) groups excluding carboxylic acids is 1. The van der Waals surface area contributed by atoms with E-state index in [1.807, 2.05) is 6.92 Å². The fraction of sp³-hybridized carbons (Fsp3) is 0.200. The first-order chi connectivity index (χ1) is 12.6. The van der Waals surface area contributed by atoms with Gasteiger partial charge in [-0.15, -0.1) is 5.10 Å².